The number of benzene rings is 1. The molecular weight excluding hydrogens is 318 g/mol. The van der Waals surface area contributed by atoms with Gasteiger partial charge in [0.2, 0.25) is 0 Å². The minimum atomic E-state index is -3.26. The monoisotopic (exact) mass is 335 g/mol. The fraction of sp³-hybridized carbons (Fsp3) is 0.500. The molecule has 4 nitrogen and oxygen atoms in total. The molecule has 1 aromatic rings. The Bertz CT molecular complexity index is 488. The summed E-state index contributed by atoms with van der Waals surface area (Å²) >= 11 is 3.22. The molecular formula is C12H18BrNO3S. The van der Waals surface area contributed by atoms with Crippen LogP contribution in [0.5, 0.6) is 0 Å². The number of unbranched alkanes of at least 4 members (excludes halogenated alkanes) is 3. The van der Waals surface area contributed by atoms with Crippen LogP contribution in [0.3, 0.4) is 0 Å². The first-order chi connectivity index (χ1) is 8.47. The number of hydrogen-bond donors (Lipinski definition) is 2. The molecule has 0 spiro atoms. The fourth-order valence-electron chi connectivity index (χ4n) is 1.64. The van der Waals surface area contributed by atoms with Crippen molar-refractivity contribution >= 4 is 31.5 Å². The van der Waals surface area contributed by atoms with E-state index in [0.717, 1.165) is 19.3 Å². The van der Waals surface area contributed by atoms with Crippen LogP contribution >= 0.6 is 15.9 Å². The van der Waals surface area contributed by atoms with Crippen molar-refractivity contribution in [1.29, 1.82) is 0 Å². The highest BCUT2D eigenvalue weighted by Crippen LogP contribution is 2.25. The summed E-state index contributed by atoms with van der Waals surface area (Å²) in [5, 5.41) is 8.63. The molecule has 102 valence electrons. The first-order valence-corrected chi connectivity index (χ1v) is 8.30. The molecule has 1 rings (SSSR count). The lowest BCUT2D eigenvalue weighted by Crippen LogP contribution is -2.08. The lowest BCUT2D eigenvalue weighted by atomic mass is 10.2. The fourth-order valence-corrected chi connectivity index (χ4v) is 4.21. The Morgan fingerprint density at radius 1 is 1.17 bits per heavy atom. The number of aliphatic hydroxyl groups excluding tert-OH is 1. The van der Waals surface area contributed by atoms with Crippen LogP contribution in [0.2, 0.25) is 0 Å². The van der Waals surface area contributed by atoms with Crippen LogP contribution in [0.1, 0.15) is 25.7 Å². The highest BCUT2D eigenvalue weighted by Gasteiger charge is 2.17. The second-order valence-corrected chi connectivity index (χ2v) is 7.08. The smallest absolute Gasteiger partial charge is 0.179 e. The van der Waals surface area contributed by atoms with Crippen LogP contribution in [0.4, 0.5) is 5.69 Å². The van der Waals surface area contributed by atoms with Gasteiger partial charge in [-0.1, -0.05) is 12.8 Å². The van der Waals surface area contributed by atoms with Gasteiger partial charge in [0.1, 0.15) is 0 Å². The molecule has 0 bridgehead atoms. The van der Waals surface area contributed by atoms with Gasteiger partial charge in [0.25, 0.3) is 0 Å². The van der Waals surface area contributed by atoms with Gasteiger partial charge < -0.3 is 10.8 Å². The molecule has 1 aromatic carbocycles. The SMILES string of the molecule is Nc1ccc(S(=O)(=O)CCCCCCO)c(Br)c1. The van der Waals surface area contributed by atoms with Gasteiger partial charge in [-0.25, -0.2) is 8.42 Å². The predicted molar refractivity (Wildman–Crippen MR) is 76.2 cm³/mol. The molecule has 0 radical (unpaired) electrons. The topological polar surface area (TPSA) is 80.4 Å². The summed E-state index contributed by atoms with van der Waals surface area (Å²) in [6, 6.07) is 4.71. The summed E-state index contributed by atoms with van der Waals surface area (Å²) in [4.78, 5) is 0.291. The Labute approximate surface area is 116 Å². The number of nitrogens with two attached hydrogens (primary N) is 1. The van der Waals surface area contributed by atoms with E-state index in [-0.39, 0.29) is 12.4 Å². The quantitative estimate of drug-likeness (QED) is 0.592. The molecule has 0 aromatic heterocycles. The molecule has 0 aliphatic heterocycles. The van der Waals surface area contributed by atoms with Crippen molar-refractivity contribution in [3.8, 4) is 0 Å². The van der Waals surface area contributed by atoms with E-state index in [4.69, 9.17) is 10.8 Å². The Kier molecular flexibility index (Phi) is 6.11. The molecule has 0 atom stereocenters. The van der Waals surface area contributed by atoms with Crippen molar-refractivity contribution in [2.75, 3.05) is 18.1 Å². The lowest BCUT2D eigenvalue weighted by molar-refractivity contribution is 0.283. The average Bonchev–Trinajstić information content (AvgIpc) is 2.28. The van der Waals surface area contributed by atoms with Crippen molar-refractivity contribution in [3.05, 3.63) is 22.7 Å². The van der Waals surface area contributed by atoms with Crippen LogP contribution in [0.15, 0.2) is 27.6 Å². The predicted octanol–water partition coefficient (Wildman–Crippen LogP) is 2.36. The van der Waals surface area contributed by atoms with Crippen molar-refractivity contribution in [2.45, 2.75) is 30.6 Å². The molecule has 0 aliphatic rings. The standard InChI is InChI=1S/C12H18BrNO3S/c13-11-9-10(14)5-6-12(11)18(16,17)8-4-2-1-3-7-15/h5-6,9,15H,1-4,7-8,14H2. The maximum Gasteiger partial charge on any atom is 0.179 e. The summed E-state index contributed by atoms with van der Waals surface area (Å²) in [6.07, 6.45) is 3.01. The van der Waals surface area contributed by atoms with Crippen molar-refractivity contribution < 1.29 is 13.5 Å². The largest absolute Gasteiger partial charge is 0.399 e. The minimum absolute atomic E-state index is 0.126. The summed E-state index contributed by atoms with van der Waals surface area (Å²) in [6.45, 7) is 0.163. The first-order valence-electron chi connectivity index (χ1n) is 5.86. The van der Waals surface area contributed by atoms with E-state index in [0.29, 0.717) is 21.5 Å². The Hall–Kier alpha value is -0.590. The minimum Gasteiger partial charge on any atom is -0.399 e. The maximum absolute atomic E-state index is 12.1. The maximum atomic E-state index is 12.1. The number of anilines is 1. The Balaban J connectivity index is 2.63. The van der Waals surface area contributed by atoms with Crippen LogP contribution in [0.25, 0.3) is 0 Å². The number of halogens is 1. The van der Waals surface area contributed by atoms with E-state index in [1.165, 1.54) is 6.07 Å². The zero-order valence-electron chi connectivity index (χ0n) is 10.1. The van der Waals surface area contributed by atoms with Gasteiger partial charge in [-0.2, -0.15) is 0 Å². The third-order valence-corrected chi connectivity index (χ3v) is 5.38. The van der Waals surface area contributed by atoms with Crippen molar-refractivity contribution in [3.63, 3.8) is 0 Å². The van der Waals surface area contributed by atoms with Crippen LogP contribution < -0.4 is 5.73 Å². The molecule has 3 N–H and O–H groups in total. The normalized spacial score (nSPS) is 11.7. The summed E-state index contributed by atoms with van der Waals surface area (Å²) in [7, 11) is -3.26. The molecule has 0 heterocycles. The van der Waals surface area contributed by atoms with Crippen molar-refractivity contribution in [2.24, 2.45) is 0 Å². The molecule has 0 aliphatic carbocycles. The summed E-state index contributed by atoms with van der Waals surface area (Å²) in [5.41, 5.74) is 6.11. The molecule has 0 saturated heterocycles. The Morgan fingerprint density at radius 3 is 2.44 bits per heavy atom. The second kappa shape index (κ2) is 7.11. The van der Waals surface area contributed by atoms with E-state index >= 15 is 0 Å². The third-order valence-electron chi connectivity index (χ3n) is 2.61. The van der Waals surface area contributed by atoms with E-state index < -0.39 is 9.84 Å². The van der Waals surface area contributed by atoms with Gasteiger partial charge in [0.05, 0.1) is 10.6 Å². The molecule has 0 saturated carbocycles. The van der Waals surface area contributed by atoms with E-state index in [9.17, 15) is 8.42 Å². The third kappa shape index (κ3) is 4.59. The van der Waals surface area contributed by atoms with E-state index in [2.05, 4.69) is 15.9 Å². The average molecular weight is 336 g/mol. The summed E-state index contributed by atoms with van der Waals surface area (Å²) < 4.78 is 24.7. The lowest BCUT2D eigenvalue weighted by Gasteiger charge is -2.07. The highest BCUT2D eigenvalue weighted by molar-refractivity contribution is 9.10. The van der Waals surface area contributed by atoms with Gasteiger partial charge in [0.15, 0.2) is 9.84 Å². The molecule has 18 heavy (non-hydrogen) atoms. The molecule has 6 heteroatoms. The Morgan fingerprint density at radius 2 is 1.83 bits per heavy atom. The highest BCUT2D eigenvalue weighted by atomic mass is 79.9. The van der Waals surface area contributed by atoms with E-state index in [1.54, 1.807) is 12.1 Å². The van der Waals surface area contributed by atoms with Crippen LogP contribution in [-0.4, -0.2) is 25.9 Å². The molecule has 0 fully saturated rings. The summed E-state index contributed by atoms with van der Waals surface area (Å²) in [5.74, 6) is 0.126. The second-order valence-electron chi connectivity index (χ2n) is 4.15. The number of aliphatic hydroxyl groups is 1. The number of nitrogen functional groups attached to an aromatic ring is 1. The van der Waals surface area contributed by atoms with Gasteiger partial charge in [-0.15, -0.1) is 0 Å². The van der Waals surface area contributed by atoms with Crippen molar-refractivity contribution in [1.82, 2.24) is 0 Å². The molecule has 0 unspecified atom stereocenters. The zero-order chi connectivity index (χ0) is 13.6. The van der Waals surface area contributed by atoms with E-state index in [1.807, 2.05) is 0 Å². The number of rotatable bonds is 7. The van der Waals surface area contributed by atoms with Gasteiger partial charge >= 0.3 is 0 Å². The molecule has 0 amide bonds. The van der Waals surface area contributed by atoms with Gasteiger partial charge in [0, 0.05) is 16.8 Å². The van der Waals surface area contributed by atoms with Gasteiger partial charge in [-0.05, 0) is 47.0 Å². The zero-order valence-corrected chi connectivity index (χ0v) is 12.5. The van der Waals surface area contributed by atoms with Gasteiger partial charge in [-0.3, -0.25) is 0 Å². The first kappa shape index (κ1) is 15.5. The number of sulfone groups is 1. The van der Waals surface area contributed by atoms with Crippen LogP contribution in [0, 0.1) is 0 Å². The van der Waals surface area contributed by atoms with Crippen LogP contribution in [-0.2, 0) is 9.84 Å². The number of hydrogen-bond acceptors (Lipinski definition) is 4.